The van der Waals surface area contributed by atoms with Crippen LogP contribution in [-0.4, -0.2) is 0 Å². The van der Waals surface area contributed by atoms with Crippen LogP contribution in [0.1, 0.15) is 32.6 Å². The van der Waals surface area contributed by atoms with E-state index in [-0.39, 0.29) is 58.2 Å². The van der Waals surface area contributed by atoms with Gasteiger partial charge in [-0.25, -0.2) is 0 Å². The van der Waals surface area contributed by atoms with Crippen molar-refractivity contribution in [3.63, 3.8) is 0 Å². The van der Waals surface area contributed by atoms with Crippen LogP contribution >= 0.6 is 0 Å². The zero-order valence-corrected chi connectivity index (χ0v) is 10.9. The van der Waals surface area contributed by atoms with Gasteiger partial charge >= 0.3 is 58.2 Å². The molecule has 0 heterocycles. The second-order valence-corrected chi connectivity index (χ2v) is 2.33. The molecule has 0 aliphatic heterocycles. The second-order valence-electron chi connectivity index (χ2n) is 2.33. The summed E-state index contributed by atoms with van der Waals surface area (Å²) in [6, 6.07) is 0. The molecule has 0 N–H and O–H groups in total. The molecule has 1 saturated carbocycles. The van der Waals surface area contributed by atoms with E-state index >= 15 is 0 Å². The smallest absolute Gasteiger partial charge is 0.325 e. The number of hydrogen-bond acceptors (Lipinski definition) is 0. The number of hydrogen-bond donors (Lipinski definition) is 0. The van der Waals surface area contributed by atoms with Crippen LogP contribution in [0.4, 0.5) is 0 Å². The quantitative estimate of drug-likeness (QED) is 0.476. The maximum Gasteiger partial charge on any atom is 1.00 e. The van der Waals surface area contributed by atoms with E-state index in [1.165, 1.54) is 25.7 Å². The summed E-state index contributed by atoms with van der Waals surface area (Å²) >= 11 is 0. The largest absolute Gasteiger partial charge is 1.00 e. The molecule has 1 atom stereocenters. The molecule has 0 bridgehead atoms. The van der Waals surface area contributed by atoms with Crippen LogP contribution in [0.15, 0.2) is 0 Å². The van der Waals surface area contributed by atoms with Crippen LogP contribution in [0.25, 0.3) is 0 Å². The van der Waals surface area contributed by atoms with Gasteiger partial charge in [-0.1, -0.05) is 26.2 Å². The van der Waals surface area contributed by atoms with Gasteiger partial charge in [-0.2, -0.15) is 12.3 Å². The third-order valence-corrected chi connectivity index (χ3v) is 1.80. The Morgan fingerprint density at radius 1 is 1.62 bits per heavy atom. The predicted molar refractivity (Wildman–Crippen MR) is 31.9 cm³/mol. The summed E-state index contributed by atoms with van der Waals surface area (Å²) < 4.78 is 0. The maximum atomic E-state index is 2.46. The van der Waals surface area contributed by atoms with Crippen LogP contribution in [0.5, 0.6) is 0 Å². The van der Waals surface area contributed by atoms with Crippen LogP contribution in [0, 0.1) is 12.3 Å². The minimum atomic E-state index is 0. The molecular formula is C7H13Rb. The Kier molecular flexibility index (Phi) is 6.84. The molecule has 1 aliphatic carbocycles. The van der Waals surface area contributed by atoms with Crippen molar-refractivity contribution in [3.05, 3.63) is 6.42 Å². The average Bonchev–Trinajstić information content (AvgIpc) is 2.14. The molecule has 0 aromatic carbocycles. The van der Waals surface area contributed by atoms with Gasteiger partial charge in [0.25, 0.3) is 0 Å². The van der Waals surface area contributed by atoms with Crippen molar-refractivity contribution in [1.82, 2.24) is 0 Å². The molecule has 1 fully saturated rings. The SMILES string of the molecule is CCC1[CH-]CCC1.[Rb+]. The third-order valence-electron chi connectivity index (χ3n) is 1.80. The van der Waals surface area contributed by atoms with Gasteiger partial charge in [0, 0.05) is 0 Å². The Morgan fingerprint density at radius 2 is 2.38 bits per heavy atom. The van der Waals surface area contributed by atoms with Crippen LogP contribution < -0.4 is 58.2 Å². The van der Waals surface area contributed by atoms with E-state index < -0.39 is 0 Å². The topological polar surface area (TPSA) is 0 Å². The van der Waals surface area contributed by atoms with Crippen molar-refractivity contribution in [3.8, 4) is 0 Å². The first kappa shape index (κ1) is 9.81. The van der Waals surface area contributed by atoms with E-state index in [0.717, 1.165) is 5.92 Å². The molecule has 0 radical (unpaired) electrons. The molecule has 0 amide bonds. The summed E-state index contributed by atoms with van der Waals surface area (Å²) in [5, 5.41) is 0. The van der Waals surface area contributed by atoms with Gasteiger partial charge in [0.2, 0.25) is 0 Å². The van der Waals surface area contributed by atoms with Gasteiger partial charge < -0.3 is 6.42 Å². The van der Waals surface area contributed by atoms with Gasteiger partial charge in [0.1, 0.15) is 0 Å². The fourth-order valence-electron chi connectivity index (χ4n) is 1.22. The maximum absolute atomic E-state index is 2.46. The number of rotatable bonds is 1. The molecule has 1 unspecified atom stereocenters. The summed E-state index contributed by atoms with van der Waals surface area (Å²) in [4.78, 5) is 0. The van der Waals surface area contributed by atoms with E-state index in [9.17, 15) is 0 Å². The van der Waals surface area contributed by atoms with Crippen LogP contribution in [-0.2, 0) is 0 Å². The Bertz CT molecular complexity index is 46.3. The van der Waals surface area contributed by atoms with E-state index in [1.54, 1.807) is 0 Å². The molecule has 8 heavy (non-hydrogen) atoms. The third kappa shape index (κ3) is 3.10. The molecule has 0 aromatic rings. The minimum absolute atomic E-state index is 0. The Hall–Kier alpha value is 1.81. The molecule has 0 nitrogen and oxygen atoms in total. The monoisotopic (exact) mass is 182 g/mol. The molecule has 0 spiro atoms. The van der Waals surface area contributed by atoms with Crippen molar-refractivity contribution < 1.29 is 58.2 Å². The Labute approximate surface area is 101 Å². The first-order valence-corrected chi connectivity index (χ1v) is 3.27. The normalized spacial score (nSPS) is 27.4. The van der Waals surface area contributed by atoms with Gasteiger partial charge in [-0.05, 0) is 0 Å². The summed E-state index contributed by atoms with van der Waals surface area (Å²) in [6.45, 7) is 2.27. The fourth-order valence-corrected chi connectivity index (χ4v) is 1.22. The van der Waals surface area contributed by atoms with E-state index in [2.05, 4.69) is 13.3 Å². The summed E-state index contributed by atoms with van der Waals surface area (Å²) in [5.41, 5.74) is 0. The Balaban J connectivity index is 0.000000490. The van der Waals surface area contributed by atoms with Crippen LogP contribution in [0.3, 0.4) is 0 Å². The van der Waals surface area contributed by atoms with E-state index in [4.69, 9.17) is 0 Å². The zero-order valence-electron chi connectivity index (χ0n) is 5.98. The average molecular weight is 183 g/mol. The standard InChI is InChI=1S/C7H13.Rb/c1-2-7-5-3-4-6-7;/h5,7H,2-4,6H2,1H3;/q-1;+1. The molecule has 1 rings (SSSR count). The van der Waals surface area contributed by atoms with Crippen LogP contribution in [0.2, 0.25) is 0 Å². The van der Waals surface area contributed by atoms with Crippen molar-refractivity contribution in [2.24, 2.45) is 5.92 Å². The second kappa shape index (κ2) is 5.58. The first-order chi connectivity index (χ1) is 3.43. The predicted octanol–water partition coefficient (Wildman–Crippen LogP) is -0.595. The minimum Gasteiger partial charge on any atom is -0.325 e. The van der Waals surface area contributed by atoms with E-state index in [0.29, 0.717) is 0 Å². The zero-order chi connectivity index (χ0) is 5.11. The van der Waals surface area contributed by atoms with Crippen molar-refractivity contribution in [2.45, 2.75) is 32.6 Å². The molecule has 1 heteroatoms. The first-order valence-electron chi connectivity index (χ1n) is 3.27. The van der Waals surface area contributed by atoms with Crippen molar-refractivity contribution in [1.29, 1.82) is 0 Å². The van der Waals surface area contributed by atoms with E-state index in [1.807, 2.05) is 0 Å². The van der Waals surface area contributed by atoms with Gasteiger partial charge in [0.05, 0.1) is 0 Å². The molecule has 0 saturated heterocycles. The van der Waals surface area contributed by atoms with Gasteiger partial charge in [-0.3, -0.25) is 0 Å². The molecule has 42 valence electrons. The van der Waals surface area contributed by atoms with Crippen molar-refractivity contribution >= 4 is 0 Å². The molecular weight excluding hydrogens is 170 g/mol. The summed E-state index contributed by atoms with van der Waals surface area (Å²) in [6.07, 6.45) is 8.09. The summed E-state index contributed by atoms with van der Waals surface area (Å²) in [5.74, 6) is 0.972. The Morgan fingerprint density at radius 3 is 2.62 bits per heavy atom. The van der Waals surface area contributed by atoms with Gasteiger partial charge in [0.15, 0.2) is 0 Å². The molecule has 1 aliphatic rings. The molecule has 0 aromatic heterocycles. The summed E-state index contributed by atoms with van der Waals surface area (Å²) in [7, 11) is 0. The fraction of sp³-hybridized carbons (Fsp3) is 0.857. The van der Waals surface area contributed by atoms with Crippen molar-refractivity contribution in [2.75, 3.05) is 0 Å². The van der Waals surface area contributed by atoms with Gasteiger partial charge in [-0.15, -0.1) is 0 Å².